The second-order valence-electron chi connectivity index (χ2n) is 3.37. The van der Waals surface area contributed by atoms with E-state index in [1.54, 1.807) is 0 Å². The summed E-state index contributed by atoms with van der Waals surface area (Å²) in [5.41, 5.74) is 1.29. The Morgan fingerprint density at radius 2 is 2.13 bits per heavy atom. The van der Waals surface area contributed by atoms with Gasteiger partial charge in [-0.1, -0.05) is 34.1 Å². The summed E-state index contributed by atoms with van der Waals surface area (Å²) in [4.78, 5) is 0. The van der Waals surface area contributed by atoms with Crippen LogP contribution in [0.15, 0.2) is 28.7 Å². The fourth-order valence-corrected chi connectivity index (χ4v) is 2.04. The summed E-state index contributed by atoms with van der Waals surface area (Å²) in [5.74, 6) is 5.94. The highest BCUT2D eigenvalue weighted by atomic mass is 79.9. The number of halogens is 1. The fourth-order valence-electron chi connectivity index (χ4n) is 1.41. The first-order chi connectivity index (χ1) is 7.25. The molecule has 80 valence electrons. The van der Waals surface area contributed by atoms with Crippen molar-refractivity contribution in [3.63, 3.8) is 0 Å². The number of hydrogen-bond donors (Lipinski definition) is 1. The highest BCUT2D eigenvalue weighted by Gasteiger charge is 2.06. The van der Waals surface area contributed by atoms with E-state index in [0.29, 0.717) is 6.04 Å². The average Bonchev–Trinajstić information content (AvgIpc) is 2.25. The molecule has 0 spiro atoms. The molecular weight excluding hydrogens is 250 g/mol. The largest absolute Gasteiger partial charge is 0.309 e. The molecule has 1 atom stereocenters. The van der Waals surface area contributed by atoms with Gasteiger partial charge in [-0.2, -0.15) is 0 Å². The van der Waals surface area contributed by atoms with E-state index < -0.39 is 0 Å². The average molecular weight is 266 g/mol. The molecule has 0 aliphatic heterocycles. The minimum absolute atomic E-state index is 0.360. The lowest BCUT2D eigenvalue weighted by atomic mass is 10.1. The van der Waals surface area contributed by atoms with Gasteiger partial charge < -0.3 is 5.32 Å². The molecular formula is C13H16BrN. The summed E-state index contributed by atoms with van der Waals surface area (Å²) in [7, 11) is 0. The Kier molecular flexibility index (Phi) is 5.45. The Bertz CT molecular complexity index is 362. The molecule has 0 saturated carbocycles. The van der Waals surface area contributed by atoms with Gasteiger partial charge in [0.1, 0.15) is 0 Å². The maximum absolute atomic E-state index is 3.55. The molecule has 1 aromatic rings. The van der Waals surface area contributed by atoms with Crippen molar-refractivity contribution in [2.24, 2.45) is 0 Å². The summed E-state index contributed by atoms with van der Waals surface area (Å²) >= 11 is 3.55. The van der Waals surface area contributed by atoms with Crippen molar-refractivity contribution >= 4 is 15.9 Å². The summed E-state index contributed by atoms with van der Waals surface area (Å²) < 4.78 is 1.16. The molecule has 0 aromatic heterocycles. The quantitative estimate of drug-likeness (QED) is 0.649. The SMILES string of the molecule is CC#CCCN[C@@H](C)c1ccccc1Br. The van der Waals surface area contributed by atoms with Crippen LogP contribution < -0.4 is 5.32 Å². The topological polar surface area (TPSA) is 12.0 Å². The van der Waals surface area contributed by atoms with E-state index in [1.165, 1.54) is 5.56 Å². The maximum atomic E-state index is 3.55. The van der Waals surface area contributed by atoms with Gasteiger partial charge in [-0.3, -0.25) is 0 Å². The first kappa shape index (κ1) is 12.3. The molecule has 0 saturated heterocycles. The van der Waals surface area contributed by atoms with Gasteiger partial charge in [0.15, 0.2) is 0 Å². The van der Waals surface area contributed by atoms with Crippen molar-refractivity contribution in [1.29, 1.82) is 0 Å². The van der Waals surface area contributed by atoms with E-state index in [2.05, 4.69) is 58.2 Å². The monoisotopic (exact) mass is 265 g/mol. The third kappa shape index (κ3) is 4.07. The molecule has 0 radical (unpaired) electrons. The van der Waals surface area contributed by atoms with Crippen molar-refractivity contribution in [3.05, 3.63) is 34.3 Å². The lowest BCUT2D eigenvalue weighted by Crippen LogP contribution is -2.19. The van der Waals surface area contributed by atoms with Crippen LogP contribution in [0.2, 0.25) is 0 Å². The van der Waals surface area contributed by atoms with Gasteiger partial charge in [0, 0.05) is 23.5 Å². The molecule has 1 N–H and O–H groups in total. The van der Waals surface area contributed by atoms with Gasteiger partial charge in [-0.15, -0.1) is 11.8 Å². The molecule has 0 bridgehead atoms. The fraction of sp³-hybridized carbons (Fsp3) is 0.385. The predicted molar refractivity (Wildman–Crippen MR) is 68.6 cm³/mol. The number of benzene rings is 1. The third-order valence-electron chi connectivity index (χ3n) is 2.25. The van der Waals surface area contributed by atoms with Crippen LogP contribution in [0.3, 0.4) is 0 Å². The summed E-state index contributed by atoms with van der Waals surface area (Å²) in [6.07, 6.45) is 0.908. The zero-order chi connectivity index (χ0) is 11.1. The van der Waals surface area contributed by atoms with Crippen LogP contribution in [0.4, 0.5) is 0 Å². The first-order valence-corrected chi connectivity index (χ1v) is 5.92. The minimum Gasteiger partial charge on any atom is -0.309 e. The summed E-state index contributed by atoms with van der Waals surface area (Å²) in [5, 5.41) is 3.44. The van der Waals surface area contributed by atoms with Crippen molar-refractivity contribution < 1.29 is 0 Å². The number of nitrogens with one attached hydrogen (secondary N) is 1. The predicted octanol–water partition coefficient (Wildman–Crippen LogP) is 3.51. The lowest BCUT2D eigenvalue weighted by Gasteiger charge is -2.14. The van der Waals surface area contributed by atoms with E-state index in [1.807, 2.05) is 13.0 Å². The Morgan fingerprint density at radius 3 is 2.80 bits per heavy atom. The van der Waals surface area contributed by atoms with Gasteiger partial charge in [0.2, 0.25) is 0 Å². The normalized spacial score (nSPS) is 11.7. The van der Waals surface area contributed by atoms with Gasteiger partial charge in [-0.25, -0.2) is 0 Å². The highest BCUT2D eigenvalue weighted by Crippen LogP contribution is 2.22. The van der Waals surface area contributed by atoms with E-state index in [9.17, 15) is 0 Å². The van der Waals surface area contributed by atoms with Crippen LogP contribution in [0.5, 0.6) is 0 Å². The van der Waals surface area contributed by atoms with Crippen molar-refractivity contribution in [2.45, 2.75) is 26.3 Å². The molecule has 0 aliphatic rings. The molecule has 2 heteroatoms. The molecule has 0 unspecified atom stereocenters. The molecule has 1 nitrogen and oxygen atoms in total. The van der Waals surface area contributed by atoms with Gasteiger partial charge in [-0.05, 0) is 25.5 Å². The number of rotatable bonds is 4. The first-order valence-electron chi connectivity index (χ1n) is 5.13. The minimum atomic E-state index is 0.360. The highest BCUT2D eigenvalue weighted by molar-refractivity contribution is 9.10. The van der Waals surface area contributed by atoms with Crippen molar-refractivity contribution in [3.8, 4) is 11.8 Å². The Morgan fingerprint density at radius 1 is 1.40 bits per heavy atom. The van der Waals surface area contributed by atoms with E-state index in [0.717, 1.165) is 17.4 Å². The van der Waals surface area contributed by atoms with Crippen molar-refractivity contribution in [1.82, 2.24) is 5.32 Å². The Labute approximate surface area is 100 Å². The van der Waals surface area contributed by atoms with Gasteiger partial charge in [0.05, 0.1) is 0 Å². The van der Waals surface area contributed by atoms with Crippen LogP contribution >= 0.6 is 15.9 Å². The molecule has 0 fully saturated rings. The Hall–Kier alpha value is -0.780. The lowest BCUT2D eigenvalue weighted by molar-refractivity contribution is 0.582. The molecule has 0 heterocycles. The van der Waals surface area contributed by atoms with Crippen LogP contribution in [0, 0.1) is 11.8 Å². The summed E-state index contributed by atoms with van der Waals surface area (Å²) in [6.45, 7) is 4.97. The zero-order valence-electron chi connectivity index (χ0n) is 9.18. The van der Waals surface area contributed by atoms with Gasteiger partial charge in [0.25, 0.3) is 0 Å². The van der Waals surface area contributed by atoms with Crippen LogP contribution in [0.1, 0.15) is 31.9 Å². The molecule has 0 amide bonds. The van der Waals surface area contributed by atoms with E-state index in [4.69, 9.17) is 0 Å². The zero-order valence-corrected chi connectivity index (χ0v) is 10.8. The number of hydrogen-bond acceptors (Lipinski definition) is 1. The van der Waals surface area contributed by atoms with Crippen molar-refractivity contribution in [2.75, 3.05) is 6.54 Å². The molecule has 15 heavy (non-hydrogen) atoms. The maximum Gasteiger partial charge on any atom is 0.0303 e. The summed E-state index contributed by atoms with van der Waals surface area (Å²) in [6, 6.07) is 8.65. The Balaban J connectivity index is 2.49. The van der Waals surface area contributed by atoms with E-state index >= 15 is 0 Å². The van der Waals surface area contributed by atoms with Crippen LogP contribution in [-0.2, 0) is 0 Å². The van der Waals surface area contributed by atoms with Crippen LogP contribution in [0.25, 0.3) is 0 Å². The van der Waals surface area contributed by atoms with Crippen LogP contribution in [-0.4, -0.2) is 6.54 Å². The molecule has 1 rings (SSSR count). The molecule has 0 aliphatic carbocycles. The second-order valence-corrected chi connectivity index (χ2v) is 4.23. The standard InChI is InChI=1S/C13H16BrN/c1-3-4-7-10-15-11(2)12-8-5-6-9-13(12)14/h5-6,8-9,11,15H,7,10H2,1-2H3/t11-/m0/s1. The smallest absolute Gasteiger partial charge is 0.0303 e. The second kappa shape index (κ2) is 6.66. The van der Waals surface area contributed by atoms with E-state index in [-0.39, 0.29) is 0 Å². The van der Waals surface area contributed by atoms with Gasteiger partial charge >= 0.3 is 0 Å². The molecule has 1 aromatic carbocycles. The third-order valence-corrected chi connectivity index (χ3v) is 2.97.